The molecule has 6 heteroatoms. The molecule has 0 bridgehead atoms. The quantitative estimate of drug-likeness (QED) is 0.830. The van der Waals surface area contributed by atoms with E-state index >= 15 is 0 Å². The van der Waals surface area contributed by atoms with Crippen molar-refractivity contribution in [2.24, 2.45) is 23.0 Å². The molecule has 2 fully saturated rings. The van der Waals surface area contributed by atoms with Crippen LogP contribution in [-0.4, -0.2) is 55.0 Å². The van der Waals surface area contributed by atoms with E-state index in [9.17, 15) is 4.79 Å². The zero-order valence-corrected chi connectivity index (χ0v) is 16.6. The fourth-order valence-electron chi connectivity index (χ4n) is 3.56. The largest absolute Gasteiger partial charge is 0.340 e. The van der Waals surface area contributed by atoms with Gasteiger partial charge in [-0.3, -0.25) is 9.69 Å². The number of carbonyl (C=O) groups excluding carboxylic acids is 1. The van der Waals surface area contributed by atoms with Gasteiger partial charge in [0, 0.05) is 32.1 Å². The van der Waals surface area contributed by atoms with Crippen LogP contribution < -0.4 is 5.73 Å². The molecule has 0 spiro atoms. The van der Waals surface area contributed by atoms with E-state index in [0.29, 0.717) is 23.8 Å². The summed E-state index contributed by atoms with van der Waals surface area (Å²) in [6.07, 6.45) is 4.58. The Kier molecular flexibility index (Phi) is 10.1. The predicted molar refractivity (Wildman–Crippen MR) is 101 cm³/mol. The molecule has 1 aliphatic heterocycles. The molecule has 0 aromatic carbocycles. The minimum Gasteiger partial charge on any atom is -0.340 e. The molecule has 2 N–H and O–H groups in total. The Morgan fingerprint density at radius 2 is 1.70 bits per heavy atom. The SMILES string of the molecule is CC(C)(C)CCN1CCN(C(=O)[C@@H]2CCC[C@@H]2CN)CC1.Cl.Cl. The average Bonchev–Trinajstić information content (AvgIpc) is 2.92. The second-order valence-corrected chi connectivity index (χ2v) is 8.01. The maximum atomic E-state index is 12.6. The molecule has 0 aromatic heterocycles. The Hall–Kier alpha value is -0.0300. The topological polar surface area (TPSA) is 49.6 Å². The van der Waals surface area contributed by atoms with Crippen LogP contribution in [0.15, 0.2) is 0 Å². The van der Waals surface area contributed by atoms with E-state index < -0.39 is 0 Å². The van der Waals surface area contributed by atoms with Gasteiger partial charge < -0.3 is 10.6 Å². The molecule has 0 aromatic rings. The summed E-state index contributed by atoms with van der Waals surface area (Å²) < 4.78 is 0. The molecule has 0 unspecified atom stereocenters. The Bertz CT molecular complexity index is 352. The Labute approximate surface area is 154 Å². The lowest BCUT2D eigenvalue weighted by Crippen LogP contribution is -2.51. The fraction of sp³-hybridized carbons (Fsp3) is 0.941. The first-order valence-corrected chi connectivity index (χ1v) is 8.62. The second kappa shape index (κ2) is 10.1. The van der Waals surface area contributed by atoms with Gasteiger partial charge in [-0.2, -0.15) is 0 Å². The molecule has 1 saturated heterocycles. The molecule has 1 saturated carbocycles. The number of halogens is 2. The van der Waals surface area contributed by atoms with E-state index in [-0.39, 0.29) is 30.7 Å². The number of nitrogens with two attached hydrogens (primary N) is 1. The van der Waals surface area contributed by atoms with Crippen molar-refractivity contribution in [2.75, 3.05) is 39.3 Å². The zero-order valence-electron chi connectivity index (χ0n) is 14.9. The van der Waals surface area contributed by atoms with Crippen molar-refractivity contribution in [1.82, 2.24) is 9.80 Å². The first kappa shape index (κ1) is 23.0. The van der Waals surface area contributed by atoms with Gasteiger partial charge in [0.05, 0.1) is 0 Å². The zero-order chi connectivity index (χ0) is 15.5. The van der Waals surface area contributed by atoms with Crippen molar-refractivity contribution in [2.45, 2.75) is 46.5 Å². The smallest absolute Gasteiger partial charge is 0.226 e. The molecule has 1 aliphatic carbocycles. The van der Waals surface area contributed by atoms with Crippen LogP contribution >= 0.6 is 24.8 Å². The van der Waals surface area contributed by atoms with Crippen LogP contribution in [0.1, 0.15) is 46.5 Å². The van der Waals surface area contributed by atoms with Crippen LogP contribution in [0.2, 0.25) is 0 Å². The van der Waals surface area contributed by atoms with E-state index in [1.165, 1.54) is 12.8 Å². The van der Waals surface area contributed by atoms with E-state index in [1.807, 2.05) is 0 Å². The summed E-state index contributed by atoms with van der Waals surface area (Å²) in [6, 6.07) is 0. The summed E-state index contributed by atoms with van der Waals surface area (Å²) in [5.74, 6) is 1.01. The Balaban J connectivity index is 0.00000242. The van der Waals surface area contributed by atoms with Crippen LogP contribution in [-0.2, 0) is 4.79 Å². The van der Waals surface area contributed by atoms with E-state index in [2.05, 4.69) is 30.6 Å². The molecule has 1 heterocycles. The lowest BCUT2D eigenvalue weighted by molar-refractivity contribution is -0.138. The van der Waals surface area contributed by atoms with Crippen LogP contribution in [0.4, 0.5) is 0 Å². The molecule has 138 valence electrons. The molecule has 2 atom stereocenters. The summed E-state index contributed by atoms with van der Waals surface area (Å²) in [7, 11) is 0. The lowest BCUT2D eigenvalue weighted by Gasteiger charge is -2.37. The standard InChI is InChI=1S/C17H33N3O.2ClH/c1-17(2,3)7-8-19-9-11-20(12-10-19)16(21)15-6-4-5-14(15)13-18;;/h14-15H,4-13,18H2,1-3H3;2*1H/t14-,15-;;/m1../s1. The molecule has 2 rings (SSSR count). The second-order valence-electron chi connectivity index (χ2n) is 8.01. The van der Waals surface area contributed by atoms with E-state index in [0.717, 1.165) is 45.6 Å². The summed E-state index contributed by atoms with van der Waals surface area (Å²) >= 11 is 0. The monoisotopic (exact) mass is 367 g/mol. The van der Waals surface area contributed by atoms with Gasteiger partial charge in [-0.15, -0.1) is 24.8 Å². The number of nitrogens with zero attached hydrogens (tertiary/aromatic N) is 2. The first-order valence-electron chi connectivity index (χ1n) is 8.62. The van der Waals surface area contributed by atoms with Crippen LogP contribution in [0, 0.1) is 17.3 Å². The molecule has 4 nitrogen and oxygen atoms in total. The molecular weight excluding hydrogens is 333 g/mol. The van der Waals surface area contributed by atoms with Gasteiger partial charge in [0.1, 0.15) is 0 Å². The molecular formula is C17H35Cl2N3O. The Morgan fingerprint density at radius 1 is 1.09 bits per heavy atom. The lowest BCUT2D eigenvalue weighted by atomic mass is 9.92. The highest BCUT2D eigenvalue weighted by Crippen LogP contribution is 2.32. The third-order valence-electron chi connectivity index (χ3n) is 5.14. The highest BCUT2D eigenvalue weighted by Gasteiger charge is 2.35. The van der Waals surface area contributed by atoms with Crippen molar-refractivity contribution in [3.05, 3.63) is 0 Å². The molecule has 1 amide bonds. The maximum absolute atomic E-state index is 12.6. The van der Waals surface area contributed by atoms with Crippen LogP contribution in [0.3, 0.4) is 0 Å². The third kappa shape index (κ3) is 6.77. The van der Waals surface area contributed by atoms with E-state index in [1.54, 1.807) is 0 Å². The molecule has 2 aliphatic rings. The summed E-state index contributed by atoms with van der Waals surface area (Å²) in [4.78, 5) is 17.2. The Morgan fingerprint density at radius 3 is 2.22 bits per heavy atom. The van der Waals surface area contributed by atoms with Gasteiger partial charge in [-0.1, -0.05) is 27.2 Å². The van der Waals surface area contributed by atoms with Gasteiger partial charge in [0.2, 0.25) is 5.91 Å². The fourth-order valence-corrected chi connectivity index (χ4v) is 3.56. The van der Waals surface area contributed by atoms with Crippen molar-refractivity contribution in [3.8, 4) is 0 Å². The number of hydrogen-bond donors (Lipinski definition) is 1. The van der Waals surface area contributed by atoms with Crippen molar-refractivity contribution in [3.63, 3.8) is 0 Å². The number of carbonyl (C=O) groups is 1. The minimum absolute atomic E-state index is 0. The minimum atomic E-state index is 0. The van der Waals surface area contributed by atoms with Gasteiger partial charge in [-0.25, -0.2) is 0 Å². The highest BCUT2D eigenvalue weighted by atomic mass is 35.5. The summed E-state index contributed by atoms with van der Waals surface area (Å²) in [6.45, 7) is 12.6. The van der Waals surface area contributed by atoms with Crippen molar-refractivity contribution < 1.29 is 4.79 Å². The average molecular weight is 368 g/mol. The molecule has 0 radical (unpaired) electrons. The first-order chi connectivity index (χ1) is 9.90. The third-order valence-corrected chi connectivity index (χ3v) is 5.14. The highest BCUT2D eigenvalue weighted by molar-refractivity contribution is 5.85. The summed E-state index contributed by atoms with van der Waals surface area (Å²) in [5, 5.41) is 0. The van der Waals surface area contributed by atoms with Gasteiger partial charge in [-0.05, 0) is 43.7 Å². The predicted octanol–water partition coefficient (Wildman–Crippen LogP) is 2.79. The number of rotatable bonds is 4. The maximum Gasteiger partial charge on any atom is 0.226 e. The number of hydrogen-bond acceptors (Lipinski definition) is 3. The number of piperazine rings is 1. The van der Waals surface area contributed by atoms with Crippen molar-refractivity contribution in [1.29, 1.82) is 0 Å². The molecule has 23 heavy (non-hydrogen) atoms. The normalized spacial score (nSPS) is 25.7. The van der Waals surface area contributed by atoms with Crippen molar-refractivity contribution >= 4 is 30.7 Å². The van der Waals surface area contributed by atoms with Gasteiger partial charge in [0.15, 0.2) is 0 Å². The van der Waals surface area contributed by atoms with Crippen LogP contribution in [0.5, 0.6) is 0 Å². The van der Waals surface area contributed by atoms with E-state index in [4.69, 9.17) is 5.73 Å². The summed E-state index contributed by atoms with van der Waals surface area (Å²) in [5.41, 5.74) is 6.21. The van der Waals surface area contributed by atoms with Gasteiger partial charge in [0.25, 0.3) is 0 Å². The van der Waals surface area contributed by atoms with Gasteiger partial charge >= 0.3 is 0 Å². The number of amides is 1. The van der Waals surface area contributed by atoms with Crippen LogP contribution in [0.25, 0.3) is 0 Å².